The number of nitrogens with zero attached hydrogens (tertiary/aromatic N) is 2. The Bertz CT molecular complexity index is 3340. The van der Waals surface area contributed by atoms with E-state index in [9.17, 15) is 0 Å². The van der Waals surface area contributed by atoms with Gasteiger partial charge in [0.1, 0.15) is 0 Å². The number of aromatic nitrogens is 2. The average Bonchev–Trinajstić information content (AvgIpc) is 3.83. The van der Waals surface area contributed by atoms with Crippen molar-refractivity contribution >= 4 is 55.4 Å². The van der Waals surface area contributed by atoms with Crippen LogP contribution in [0.1, 0.15) is 35.6 Å². The van der Waals surface area contributed by atoms with Gasteiger partial charge in [0.25, 0.3) is 0 Å². The molecule has 0 saturated carbocycles. The van der Waals surface area contributed by atoms with Crippen LogP contribution in [0.25, 0.3) is 66.1 Å². The minimum absolute atomic E-state index is 0.225. The van der Waals surface area contributed by atoms with Gasteiger partial charge in [-0.3, -0.25) is 0 Å². The first-order valence-corrected chi connectivity index (χ1v) is 22.2. The molecular weight excluding hydrogens is 745 g/mol. The molecule has 286 valence electrons. The summed E-state index contributed by atoms with van der Waals surface area (Å²) in [6.45, 7) is 2.42. The third-order valence-electron chi connectivity index (χ3n) is 13.5. The summed E-state index contributed by atoms with van der Waals surface area (Å²) in [5.74, 6) is 0. The van der Waals surface area contributed by atoms with E-state index in [0.29, 0.717) is 0 Å². The van der Waals surface area contributed by atoms with Crippen LogP contribution in [0.2, 0.25) is 0 Å². The molecule has 12 rings (SSSR count). The van der Waals surface area contributed by atoms with Gasteiger partial charge in [-0.25, -0.2) is 0 Å². The largest absolute Gasteiger partial charge is 0.309 e. The maximum absolute atomic E-state index is 2.60. The lowest BCUT2D eigenvalue weighted by atomic mass is 9.59. The highest BCUT2D eigenvalue weighted by atomic mass is 32.2. The Hall–Kier alpha value is -6.81. The fourth-order valence-corrected chi connectivity index (χ4v) is 11.4. The number of fused-ring (bicyclic) bond motifs is 8. The summed E-state index contributed by atoms with van der Waals surface area (Å²) in [5, 5.41) is 5.15. The number of rotatable bonds is 6. The zero-order valence-electron chi connectivity index (χ0n) is 33.6. The first-order valence-electron chi connectivity index (χ1n) is 20.9. The fraction of sp³-hybridized carbons (Fsp3) is 0.0877. The molecular formula is C57H42N2S. The summed E-state index contributed by atoms with van der Waals surface area (Å²) in [4.78, 5) is 1.30. The van der Waals surface area contributed by atoms with Crippen molar-refractivity contribution in [3.8, 4) is 22.5 Å². The fourth-order valence-electron chi connectivity index (χ4n) is 10.8. The number of thioether (sulfide) groups is 1. The van der Waals surface area contributed by atoms with Crippen LogP contribution in [0.15, 0.2) is 217 Å². The maximum Gasteiger partial charge on any atom is 0.0750 e. The molecule has 1 aliphatic heterocycles. The van der Waals surface area contributed by atoms with E-state index in [1.165, 1.54) is 98.8 Å². The quantitative estimate of drug-likeness (QED) is 0.153. The number of allylic oxidation sites excluding steroid dienone is 4. The molecule has 3 heteroatoms. The molecule has 2 nitrogen and oxygen atoms in total. The van der Waals surface area contributed by atoms with Crippen LogP contribution >= 0.6 is 11.8 Å². The Kier molecular flexibility index (Phi) is 7.83. The Morgan fingerprint density at radius 2 is 1.02 bits per heavy atom. The van der Waals surface area contributed by atoms with Crippen LogP contribution in [-0.4, -0.2) is 15.4 Å². The monoisotopic (exact) mass is 786 g/mol. The lowest BCUT2D eigenvalue weighted by molar-refractivity contribution is 0.576. The third-order valence-corrected chi connectivity index (χ3v) is 14.3. The topological polar surface area (TPSA) is 9.86 Å². The van der Waals surface area contributed by atoms with Crippen molar-refractivity contribution < 1.29 is 0 Å². The van der Waals surface area contributed by atoms with Gasteiger partial charge in [0.05, 0.1) is 33.2 Å². The zero-order chi connectivity index (χ0) is 40.0. The van der Waals surface area contributed by atoms with Gasteiger partial charge in [-0.1, -0.05) is 171 Å². The highest BCUT2D eigenvalue weighted by Gasteiger charge is 2.48. The van der Waals surface area contributed by atoms with E-state index < -0.39 is 5.41 Å². The Morgan fingerprint density at radius 3 is 1.70 bits per heavy atom. The number of benzene rings is 8. The van der Waals surface area contributed by atoms with Crippen molar-refractivity contribution in [1.82, 2.24) is 9.13 Å². The summed E-state index contributed by atoms with van der Waals surface area (Å²) >= 11 is 1.84. The highest BCUT2D eigenvalue weighted by Crippen LogP contribution is 2.57. The van der Waals surface area contributed by atoms with Crippen LogP contribution in [0, 0.1) is 0 Å². The third kappa shape index (κ3) is 4.90. The second-order valence-electron chi connectivity index (χ2n) is 16.6. The van der Waals surface area contributed by atoms with E-state index in [4.69, 9.17) is 0 Å². The van der Waals surface area contributed by atoms with E-state index in [-0.39, 0.29) is 5.41 Å². The Morgan fingerprint density at radius 1 is 0.483 bits per heavy atom. The lowest BCUT2D eigenvalue weighted by Crippen LogP contribution is -2.38. The van der Waals surface area contributed by atoms with Gasteiger partial charge >= 0.3 is 0 Å². The van der Waals surface area contributed by atoms with Gasteiger partial charge in [-0.15, -0.1) is 11.8 Å². The molecule has 0 fully saturated rings. The highest BCUT2D eigenvalue weighted by molar-refractivity contribution is 7.98. The van der Waals surface area contributed by atoms with E-state index in [0.717, 1.165) is 6.42 Å². The standard InChI is InChI=1S/C57H42N2S/c1-56(40-32-28-38(29-33-40)39-30-34-42(35-31-39)58-50-23-8-3-16-43(50)44-17-4-9-24-51(44)58)36-14-15-41(37-56)57(48-21-7-12-27-54(48)60-2)47-20-6-11-26-53(47)59-52-25-10-5-18-45(52)46-19-13-22-49(57)55(46)59/h3-35,37H,36H2,1-2H3. The number of hydrogen-bond donors (Lipinski definition) is 0. The molecule has 1 aliphatic carbocycles. The average molecular weight is 787 g/mol. The molecule has 10 aromatic rings. The SMILES string of the molecule is CSc1ccccc1C1(C2=CC(C)(c3ccc(-c4ccc(-n5c6ccccc6c6ccccc65)cc4)cc3)CC=C2)c2ccccc2-n2c3ccccc3c3cccc1c32. The second-order valence-corrected chi connectivity index (χ2v) is 17.5. The van der Waals surface area contributed by atoms with Gasteiger partial charge in [0.2, 0.25) is 0 Å². The summed E-state index contributed by atoms with van der Waals surface area (Å²) in [6.07, 6.45) is 10.6. The normalized spacial score (nSPS) is 18.3. The van der Waals surface area contributed by atoms with Gasteiger partial charge < -0.3 is 9.13 Å². The molecule has 0 bridgehead atoms. The van der Waals surface area contributed by atoms with Gasteiger partial charge in [-0.2, -0.15) is 0 Å². The Balaban J connectivity index is 0.991. The summed E-state index contributed by atoms with van der Waals surface area (Å²) in [7, 11) is 0. The summed E-state index contributed by atoms with van der Waals surface area (Å²) in [5.41, 5.74) is 15.7. The van der Waals surface area contributed by atoms with Crippen molar-refractivity contribution in [1.29, 1.82) is 0 Å². The van der Waals surface area contributed by atoms with Gasteiger partial charge in [0.15, 0.2) is 0 Å². The van der Waals surface area contributed by atoms with Crippen LogP contribution in [0.4, 0.5) is 0 Å². The second kappa shape index (κ2) is 13.4. The van der Waals surface area contributed by atoms with E-state index in [2.05, 4.69) is 229 Å². The molecule has 0 amide bonds. The minimum Gasteiger partial charge on any atom is -0.309 e. The molecule has 8 aromatic carbocycles. The van der Waals surface area contributed by atoms with Gasteiger partial charge in [-0.05, 0) is 94.1 Å². The van der Waals surface area contributed by atoms with Crippen molar-refractivity contribution in [2.75, 3.05) is 6.26 Å². The first kappa shape index (κ1) is 35.2. The first-order chi connectivity index (χ1) is 29.6. The summed E-state index contributed by atoms with van der Waals surface area (Å²) < 4.78 is 4.91. The van der Waals surface area contributed by atoms with Crippen molar-refractivity contribution in [3.05, 3.63) is 234 Å². The maximum atomic E-state index is 2.60. The zero-order valence-corrected chi connectivity index (χ0v) is 34.5. The van der Waals surface area contributed by atoms with Crippen molar-refractivity contribution in [2.45, 2.75) is 29.1 Å². The van der Waals surface area contributed by atoms with E-state index in [1.807, 2.05) is 11.8 Å². The molecule has 0 radical (unpaired) electrons. The molecule has 0 spiro atoms. The summed E-state index contributed by atoms with van der Waals surface area (Å²) in [6, 6.07) is 69.9. The molecule has 0 N–H and O–H groups in total. The van der Waals surface area contributed by atoms with E-state index >= 15 is 0 Å². The van der Waals surface area contributed by atoms with E-state index in [1.54, 1.807) is 0 Å². The predicted molar refractivity (Wildman–Crippen MR) is 254 cm³/mol. The molecule has 2 aliphatic rings. The molecule has 3 heterocycles. The van der Waals surface area contributed by atoms with Crippen LogP contribution < -0.4 is 0 Å². The number of para-hydroxylation sites is 5. The van der Waals surface area contributed by atoms with Crippen molar-refractivity contribution in [3.63, 3.8) is 0 Å². The molecule has 2 aromatic heterocycles. The van der Waals surface area contributed by atoms with Gasteiger partial charge in [0, 0.05) is 37.5 Å². The predicted octanol–water partition coefficient (Wildman–Crippen LogP) is 14.8. The van der Waals surface area contributed by atoms with Crippen molar-refractivity contribution in [2.24, 2.45) is 0 Å². The minimum atomic E-state index is -0.545. The van der Waals surface area contributed by atoms with Crippen LogP contribution in [-0.2, 0) is 10.8 Å². The molecule has 2 atom stereocenters. The van der Waals surface area contributed by atoms with Crippen LogP contribution in [0.5, 0.6) is 0 Å². The number of hydrogen-bond acceptors (Lipinski definition) is 1. The van der Waals surface area contributed by atoms with Crippen LogP contribution in [0.3, 0.4) is 0 Å². The molecule has 2 unspecified atom stereocenters. The smallest absolute Gasteiger partial charge is 0.0750 e. The Labute approximate surface area is 354 Å². The molecule has 60 heavy (non-hydrogen) atoms. The molecule has 0 saturated heterocycles. The lowest BCUT2D eigenvalue weighted by Gasteiger charge is -2.45.